The molecule has 0 atom stereocenters. The van der Waals surface area contributed by atoms with Crippen molar-refractivity contribution in [1.29, 1.82) is 0 Å². The van der Waals surface area contributed by atoms with E-state index in [9.17, 15) is 9.59 Å². The average molecular weight is 663 g/mol. The summed E-state index contributed by atoms with van der Waals surface area (Å²) in [6, 6.07) is 15.3. The molecule has 2 aliphatic heterocycles. The van der Waals surface area contributed by atoms with Gasteiger partial charge in [0.2, 0.25) is 0 Å². The van der Waals surface area contributed by atoms with Gasteiger partial charge in [-0.15, -0.1) is 0 Å². The number of piperidine rings is 1. The number of aromatic nitrogens is 4. The van der Waals surface area contributed by atoms with Crippen molar-refractivity contribution >= 4 is 22.3 Å². The van der Waals surface area contributed by atoms with Gasteiger partial charge in [-0.3, -0.25) is 9.59 Å². The summed E-state index contributed by atoms with van der Waals surface area (Å²) in [5.74, 6) is 0.489. The number of hydrogen-bond donors (Lipinski definition) is 1. The van der Waals surface area contributed by atoms with Crippen LogP contribution < -0.4 is 16.4 Å². The van der Waals surface area contributed by atoms with E-state index in [2.05, 4.69) is 40.2 Å². The van der Waals surface area contributed by atoms with Crippen molar-refractivity contribution in [3.63, 3.8) is 0 Å². The van der Waals surface area contributed by atoms with Crippen molar-refractivity contribution in [2.24, 2.45) is 7.05 Å². The molecule has 0 aliphatic carbocycles. The summed E-state index contributed by atoms with van der Waals surface area (Å²) < 4.78 is 24.4. The maximum atomic E-state index is 15.5. The highest BCUT2D eigenvalue weighted by Crippen LogP contribution is 2.36. The molecule has 2 aliphatic rings. The molecule has 5 aromatic rings. The first-order chi connectivity index (χ1) is 23.4. The minimum absolute atomic E-state index is 0.0102. The van der Waals surface area contributed by atoms with Gasteiger partial charge in [-0.2, -0.15) is 9.78 Å². The first-order valence-corrected chi connectivity index (χ1v) is 17.0. The third-order valence-electron chi connectivity index (χ3n) is 10.2. The number of hydrogen-bond acceptors (Lipinski definition) is 7. The van der Waals surface area contributed by atoms with Crippen LogP contribution in [0.3, 0.4) is 0 Å². The summed E-state index contributed by atoms with van der Waals surface area (Å²) in [5.41, 5.74) is 4.87. The summed E-state index contributed by atoms with van der Waals surface area (Å²) in [6.45, 7) is 13.0. The Bertz CT molecular complexity index is 2170. The largest absolute Gasteiger partial charge is 0.370 e. The van der Waals surface area contributed by atoms with Gasteiger partial charge in [0.15, 0.2) is 0 Å². The van der Waals surface area contributed by atoms with E-state index in [0.717, 1.165) is 48.2 Å². The van der Waals surface area contributed by atoms with Gasteiger partial charge < -0.3 is 19.5 Å². The first-order valence-electron chi connectivity index (χ1n) is 17.0. The summed E-state index contributed by atoms with van der Waals surface area (Å²) in [4.78, 5) is 34.6. The lowest BCUT2D eigenvalue weighted by atomic mass is 9.86. The number of nitrogens with one attached hydrogen (secondary N) is 1. The molecule has 0 unspecified atom stereocenters. The molecule has 7 rings (SSSR count). The molecule has 9 nitrogen and oxygen atoms in total. The second-order valence-electron chi connectivity index (χ2n) is 14.6. The number of benzene rings is 2. The van der Waals surface area contributed by atoms with Crippen LogP contribution in [-0.2, 0) is 30.4 Å². The predicted molar refractivity (Wildman–Crippen MR) is 191 cm³/mol. The lowest BCUT2D eigenvalue weighted by Crippen LogP contribution is -2.37. The number of rotatable bonds is 5. The summed E-state index contributed by atoms with van der Waals surface area (Å²) >= 11 is 0. The zero-order chi connectivity index (χ0) is 34.6. The van der Waals surface area contributed by atoms with Crippen molar-refractivity contribution < 1.29 is 9.13 Å². The Hall–Kier alpha value is -4.67. The standard InChI is InChI=1S/C39H43FN6O3/c1-23(2)45-14-12-24(13-15-45)25-10-11-35(41-19-25)43-32-18-29-28-8-7-9-33(30(28)21-49-22-34(29)44(6)37(32)47)46-38(48)36-26(20-42-46)16-27(17-31(36)40)39(3,4)5/h7-11,16-20,23-24H,12-15,21-22H2,1-6H3,(H,41,43). The minimum Gasteiger partial charge on any atom is -0.370 e. The van der Waals surface area contributed by atoms with Crippen molar-refractivity contribution in [2.75, 3.05) is 18.4 Å². The van der Waals surface area contributed by atoms with Crippen LogP contribution >= 0.6 is 0 Å². The van der Waals surface area contributed by atoms with Crippen LogP contribution in [0.2, 0.25) is 0 Å². The maximum Gasteiger partial charge on any atom is 0.282 e. The minimum atomic E-state index is -0.573. The molecule has 3 aromatic heterocycles. The summed E-state index contributed by atoms with van der Waals surface area (Å²) in [5, 5.41) is 8.20. The van der Waals surface area contributed by atoms with Crippen LogP contribution in [0.5, 0.6) is 0 Å². The maximum absolute atomic E-state index is 15.5. The van der Waals surface area contributed by atoms with Crippen LogP contribution in [0.1, 0.15) is 75.8 Å². The third kappa shape index (κ3) is 6.08. The molecule has 5 heterocycles. The van der Waals surface area contributed by atoms with E-state index >= 15 is 4.39 Å². The van der Waals surface area contributed by atoms with Gasteiger partial charge >= 0.3 is 0 Å². The van der Waals surface area contributed by atoms with Crippen LogP contribution in [0.15, 0.2) is 70.5 Å². The molecule has 10 heteroatoms. The molecule has 1 saturated heterocycles. The molecular formula is C39H43FN6O3. The van der Waals surface area contributed by atoms with Crippen LogP contribution in [-0.4, -0.2) is 43.4 Å². The number of halogens is 1. The highest BCUT2D eigenvalue weighted by Gasteiger charge is 2.25. The Kier molecular flexibility index (Phi) is 8.49. The monoisotopic (exact) mass is 662 g/mol. The van der Waals surface area contributed by atoms with Crippen molar-refractivity contribution in [1.82, 2.24) is 24.2 Å². The second-order valence-corrected chi connectivity index (χ2v) is 14.6. The molecule has 0 radical (unpaired) electrons. The Morgan fingerprint density at radius 2 is 1.73 bits per heavy atom. The number of fused-ring (bicyclic) bond motifs is 4. The van der Waals surface area contributed by atoms with Gasteiger partial charge in [-0.05, 0) is 98.1 Å². The SMILES string of the molecule is CC(C)N1CCC(c2ccc(Nc3cc4c(n(C)c3=O)COCc3c-4cccc3-n3ncc4cc(C(C)(C)C)cc(F)c4c3=O)nc2)CC1. The molecule has 0 amide bonds. The Morgan fingerprint density at radius 3 is 2.43 bits per heavy atom. The smallest absolute Gasteiger partial charge is 0.282 e. The third-order valence-corrected chi connectivity index (χ3v) is 10.2. The lowest BCUT2D eigenvalue weighted by molar-refractivity contribution is 0.105. The van der Waals surface area contributed by atoms with E-state index in [1.807, 2.05) is 57.3 Å². The topological polar surface area (TPSA) is 94.3 Å². The molecule has 0 spiro atoms. The fourth-order valence-corrected chi connectivity index (χ4v) is 7.14. The molecule has 49 heavy (non-hydrogen) atoms. The van der Waals surface area contributed by atoms with Crippen LogP contribution in [0.4, 0.5) is 15.9 Å². The quantitative estimate of drug-likeness (QED) is 0.218. The normalized spacial score (nSPS) is 15.7. The van der Waals surface area contributed by atoms with Gasteiger partial charge in [0.1, 0.15) is 17.3 Å². The van der Waals surface area contributed by atoms with Crippen molar-refractivity contribution in [2.45, 2.75) is 78.0 Å². The van der Waals surface area contributed by atoms with Crippen LogP contribution in [0, 0.1) is 5.82 Å². The number of anilines is 2. The molecule has 0 bridgehead atoms. The van der Waals surface area contributed by atoms with E-state index < -0.39 is 11.4 Å². The Labute approximate surface area is 285 Å². The van der Waals surface area contributed by atoms with E-state index in [1.54, 1.807) is 23.9 Å². The Balaban J connectivity index is 1.24. The number of pyridine rings is 2. The number of nitrogens with zero attached hydrogens (tertiary/aromatic N) is 5. The van der Waals surface area contributed by atoms with E-state index in [1.165, 1.54) is 16.3 Å². The molecular weight excluding hydrogens is 619 g/mol. The van der Waals surface area contributed by atoms with Crippen molar-refractivity contribution in [3.8, 4) is 16.8 Å². The number of likely N-dealkylation sites (tertiary alicyclic amines) is 1. The molecule has 2 aromatic carbocycles. The van der Waals surface area contributed by atoms with Gasteiger partial charge in [-0.1, -0.05) is 39.0 Å². The van der Waals surface area contributed by atoms with Gasteiger partial charge in [-0.25, -0.2) is 9.37 Å². The first kappa shape index (κ1) is 32.9. The zero-order valence-corrected chi connectivity index (χ0v) is 29.0. The average Bonchev–Trinajstić information content (AvgIpc) is 3.27. The summed E-state index contributed by atoms with van der Waals surface area (Å²) in [7, 11) is 1.73. The highest BCUT2D eigenvalue weighted by molar-refractivity contribution is 5.83. The second kappa shape index (κ2) is 12.7. The van der Waals surface area contributed by atoms with E-state index in [-0.39, 0.29) is 29.6 Å². The fraction of sp³-hybridized carbons (Fsp3) is 0.385. The van der Waals surface area contributed by atoms with Crippen LogP contribution in [0.25, 0.3) is 27.6 Å². The van der Waals surface area contributed by atoms with Gasteiger partial charge in [0, 0.05) is 35.8 Å². The molecule has 1 fully saturated rings. The van der Waals surface area contributed by atoms with E-state index in [4.69, 9.17) is 4.74 Å². The number of ether oxygens (including phenoxy) is 1. The fourth-order valence-electron chi connectivity index (χ4n) is 7.14. The van der Waals surface area contributed by atoms with Crippen molar-refractivity contribution in [3.05, 3.63) is 110 Å². The predicted octanol–water partition coefficient (Wildman–Crippen LogP) is 6.94. The Morgan fingerprint density at radius 1 is 0.959 bits per heavy atom. The zero-order valence-electron chi connectivity index (χ0n) is 29.0. The molecule has 0 saturated carbocycles. The summed E-state index contributed by atoms with van der Waals surface area (Å²) in [6.07, 6.45) is 5.67. The highest BCUT2D eigenvalue weighted by atomic mass is 19.1. The molecule has 1 N–H and O–H groups in total. The molecule has 254 valence electrons. The lowest BCUT2D eigenvalue weighted by Gasteiger charge is -2.34. The van der Waals surface area contributed by atoms with Gasteiger partial charge in [0.05, 0.1) is 36.2 Å². The van der Waals surface area contributed by atoms with E-state index in [0.29, 0.717) is 40.2 Å². The van der Waals surface area contributed by atoms with Gasteiger partial charge in [0.25, 0.3) is 11.1 Å².